The first kappa shape index (κ1) is 23.2. The third kappa shape index (κ3) is 4.43. The minimum Gasteiger partial charge on any atom is -0.369 e. The van der Waals surface area contributed by atoms with Crippen molar-refractivity contribution < 1.29 is 8.78 Å². The van der Waals surface area contributed by atoms with Crippen LogP contribution in [0.1, 0.15) is 37.4 Å². The van der Waals surface area contributed by atoms with Crippen LogP contribution < -0.4 is 15.5 Å². The molecule has 0 radical (unpaired) electrons. The molecular formula is C26H29F2N7. The molecule has 182 valence electrons. The van der Waals surface area contributed by atoms with Gasteiger partial charge < -0.3 is 20.5 Å². The van der Waals surface area contributed by atoms with Crippen LogP contribution in [0.5, 0.6) is 0 Å². The number of aromatic amines is 1. The first-order valence-corrected chi connectivity index (χ1v) is 11.8. The zero-order chi connectivity index (χ0) is 24.7. The van der Waals surface area contributed by atoms with Crippen molar-refractivity contribution in [2.24, 2.45) is 0 Å². The number of halogens is 2. The second kappa shape index (κ2) is 9.22. The predicted octanol–water partition coefficient (Wildman–Crippen LogP) is 5.27. The van der Waals surface area contributed by atoms with Crippen LogP contribution in [0.15, 0.2) is 36.7 Å². The van der Waals surface area contributed by atoms with Crippen LogP contribution >= 0.6 is 0 Å². The van der Waals surface area contributed by atoms with E-state index >= 15 is 0 Å². The topological polar surface area (TPSA) is 81.8 Å². The fourth-order valence-electron chi connectivity index (χ4n) is 4.88. The van der Waals surface area contributed by atoms with Crippen LogP contribution in [0.3, 0.4) is 0 Å². The number of hydrogen-bond donors (Lipinski definition) is 3. The SMILES string of the molecule is Cc1[nH]c2c(F)cc(-c3nc(Nc4ccc(N(C)C5CCNC5)cn4)ncc3F)cc2c1C(C)C. The summed E-state index contributed by atoms with van der Waals surface area (Å²) in [6, 6.07) is 7.34. The van der Waals surface area contributed by atoms with Crippen molar-refractivity contribution >= 4 is 28.4 Å². The van der Waals surface area contributed by atoms with Gasteiger partial charge >= 0.3 is 0 Å². The van der Waals surface area contributed by atoms with Gasteiger partial charge in [-0.1, -0.05) is 13.8 Å². The third-order valence-corrected chi connectivity index (χ3v) is 6.67. The summed E-state index contributed by atoms with van der Waals surface area (Å²) in [5.41, 5.74) is 3.73. The minimum atomic E-state index is -0.622. The molecule has 35 heavy (non-hydrogen) atoms. The molecule has 1 fully saturated rings. The number of aryl methyl sites for hydroxylation is 1. The molecule has 3 N–H and O–H groups in total. The predicted molar refractivity (Wildman–Crippen MR) is 135 cm³/mol. The Hall–Kier alpha value is -3.59. The van der Waals surface area contributed by atoms with Crippen LogP contribution in [0.25, 0.3) is 22.2 Å². The lowest BCUT2D eigenvalue weighted by Gasteiger charge is -2.25. The molecule has 7 nitrogen and oxygen atoms in total. The molecule has 0 aliphatic carbocycles. The van der Waals surface area contributed by atoms with Crippen molar-refractivity contribution in [3.05, 3.63) is 59.6 Å². The van der Waals surface area contributed by atoms with Crippen LogP contribution in [0, 0.1) is 18.6 Å². The largest absolute Gasteiger partial charge is 0.369 e. The first-order chi connectivity index (χ1) is 16.8. The summed E-state index contributed by atoms with van der Waals surface area (Å²) in [6.07, 6.45) is 3.97. The van der Waals surface area contributed by atoms with E-state index in [-0.39, 0.29) is 17.6 Å². The standard InChI is InChI=1S/C26H29F2N7/c1-14(2)23-15(3)32-25-19(23)9-16(10-20(25)27)24-21(28)13-31-26(34-24)33-22-6-5-17(12-30-22)35(4)18-7-8-29-11-18/h5-6,9-10,12-14,18,29,32H,7-8,11H2,1-4H3,(H,30,31,33,34). The van der Waals surface area contributed by atoms with Crippen LogP contribution in [-0.4, -0.2) is 46.1 Å². The lowest BCUT2D eigenvalue weighted by Crippen LogP contribution is -2.33. The normalized spacial score (nSPS) is 15.8. The quantitative estimate of drug-likeness (QED) is 0.351. The van der Waals surface area contributed by atoms with E-state index in [1.807, 2.05) is 32.9 Å². The van der Waals surface area contributed by atoms with E-state index in [2.05, 4.69) is 42.5 Å². The lowest BCUT2D eigenvalue weighted by molar-refractivity contribution is 0.617. The summed E-state index contributed by atoms with van der Waals surface area (Å²) in [4.78, 5) is 18.2. The summed E-state index contributed by atoms with van der Waals surface area (Å²) in [5.74, 6) is -0.162. The van der Waals surface area contributed by atoms with E-state index in [9.17, 15) is 8.78 Å². The number of rotatable bonds is 6. The maximum atomic E-state index is 15.0. The van der Waals surface area contributed by atoms with E-state index in [1.54, 1.807) is 12.3 Å². The van der Waals surface area contributed by atoms with Crippen molar-refractivity contribution in [3.8, 4) is 11.3 Å². The van der Waals surface area contributed by atoms with Crippen LogP contribution in [0.2, 0.25) is 0 Å². The number of nitrogens with one attached hydrogen (secondary N) is 3. The molecule has 4 aromatic rings. The molecule has 1 atom stereocenters. The summed E-state index contributed by atoms with van der Waals surface area (Å²) in [6.45, 7) is 7.99. The van der Waals surface area contributed by atoms with Crippen molar-refractivity contribution in [1.29, 1.82) is 0 Å². The number of anilines is 3. The molecular weight excluding hydrogens is 448 g/mol. The van der Waals surface area contributed by atoms with E-state index < -0.39 is 11.6 Å². The average molecular weight is 478 g/mol. The van der Waals surface area contributed by atoms with Crippen molar-refractivity contribution in [2.45, 2.75) is 39.2 Å². The average Bonchev–Trinajstić information content (AvgIpc) is 3.48. The summed E-state index contributed by atoms with van der Waals surface area (Å²) >= 11 is 0. The number of benzene rings is 1. The molecule has 0 saturated carbocycles. The van der Waals surface area contributed by atoms with E-state index in [1.165, 1.54) is 6.07 Å². The van der Waals surface area contributed by atoms with Gasteiger partial charge in [0.2, 0.25) is 5.95 Å². The molecule has 1 aromatic carbocycles. The van der Waals surface area contributed by atoms with E-state index in [4.69, 9.17) is 0 Å². The number of hydrogen-bond acceptors (Lipinski definition) is 6. The highest BCUT2D eigenvalue weighted by Gasteiger charge is 2.20. The first-order valence-electron chi connectivity index (χ1n) is 11.8. The molecule has 0 amide bonds. The molecule has 4 heterocycles. The van der Waals surface area contributed by atoms with Crippen molar-refractivity contribution in [2.75, 3.05) is 30.4 Å². The fraction of sp³-hybridized carbons (Fsp3) is 0.346. The highest BCUT2D eigenvalue weighted by Crippen LogP contribution is 2.34. The second-order valence-corrected chi connectivity index (χ2v) is 9.37. The Kier molecular flexibility index (Phi) is 6.10. The number of likely N-dealkylation sites (N-methyl/N-ethyl adjacent to an activating group) is 1. The Morgan fingerprint density at radius 1 is 1.11 bits per heavy atom. The number of nitrogens with zero attached hydrogens (tertiary/aromatic N) is 4. The van der Waals surface area contributed by atoms with E-state index in [0.717, 1.165) is 48.0 Å². The summed E-state index contributed by atoms with van der Waals surface area (Å²) in [5, 5.41) is 7.13. The Balaban J connectivity index is 1.43. The molecule has 3 aromatic heterocycles. The van der Waals surface area contributed by atoms with Gasteiger partial charge in [-0.3, -0.25) is 0 Å². The fourth-order valence-corrected chi connectivity index (χ4v) is 4.88. The highest BCUT2D eigenvalue weighted by atomic mass is 19.1. The Bertz CT molecular complexity index is 1360. The maximum Gasteiger partial charge on any atom is 0.229 e. The van der Waals surface area contributed by atoms with Gasteiger partial charge in [-0.15, -0.1) is 0 Å². The molecule has 0 spiro atoms. The molecule has 1 unspecified atom stereocenters. The summed E-state index contributed by atoms with van der Waals surface area (Å²) < 4.78 is 29.7. The molecule has 1 saturated heterocycles. The Labute approximate surface area is 203 Å². The second-order valence-electron chi connectivity index (χ2n) is 9.37. The monoisotopic (exact) mass is 477 g/mol. The number of aromatic nitrogens is 4. The lowest BCUT2D eigenvalue weighted by atomic mass is 9.98. The zero-order valence-electron chi connectivity index (χ0n) is 20.3. The van der Waals surface area contributed by atoms with Gasteiger partial charge in [-0.2, -0.15) is 0 Å². The Morgan fingerprint density at radius 3 is 2.63 bits per heavy atom. The van der Waals surface area contributed by atoms with Gasteiger partial charge in [-0.05, 0) is 55.6 Å². The molecule has 0 bridgehead atoms. The van der Waals surface area contributed by atoms with E-state index in [0.29, 0.717) is 22.9 Å². The molecule has 5 rings (SSSR count). The smallest absolute Gasteiger partial charge is 0.229 e. The molecule has 1 aliphatic heterocycles. The third-order valence-electron chi connectivity index (χ3n) is 6.67. The van der Waals surface area contributed by atoms with Gasteiger partial charge in [-0.25, -0.2) is 23.7 Å². The van der Waals surface area contributed by atoms with Gasteiger partial charge in [0.05, 0.1) is 23.6 Å². The maximum absolute atomic E-state index is 15.0. The molecule has 1 aliphatic rings. The minimum absolute atomic E-state index is 0.0296. The van der Waals surface area contributed by atoms with Gasteiger partial charge in [0.25, 0.3) is 0 Å². The number of fused-ring (bicyclic) bond motifs is 1. The van der Waals surface area contributed by atoms with Gasteiger partial charge in [0, 0.05) is 36.3 Å². The summed E-state index contributed by atoms with van der Waals surface area (Å²) in [7, 11) is 2.06. The van der Waals surface area contributed by atoms with Crippen LogP contribution in [-0.2, 0) is 0 Å². The van der Waals surface area contributed by atoms with Gasteiger partial charge in [0.15, 0.2) is 5.82 Å². The van der Waals surface area contributed by atoms with Crippen LogP contribution in [0.4, 0.5) is 26.2 Å². The number of H-pyrrole nitrogens is 1. The number of pyridine rings is 1. The highest BCUT2D eigenvalue weighted by molar-refractivity contribution is 5.89. The van der Waals surface area contributed by atoms with Crippen molar-refractivity contribution in [1.82, 2.24) is 25.3 Å². The van der Waals surface area contributed by atoms with Gasteiger partial charge in [0.1, 0.15) is 17.3 Å². The molecule has 9 heteroatoms. The van der Waals surface area contributed by atoms with Crippen molar-refractivity contribution in [3.63, 3.8) is 0 Å². The Morgan fingerprint density at radius 2 is 1.94 bits per heavy atom. The zero-order valence-corrected chi connectivity index (χ0v) is 20.3.